The van der Waals surface area contributed by atoms with Gasteiger partial charge in [-0.05, 0) is 48.2 Å². The molecule has 0 aromatic carbocycles. The van der Waals surface area contributed by atoms with Crippen LogP contribution in [0.25, 0.3) is 11.4 Å². The van der Waals surface area contributed by atoms with Crippen LogP contribution in [0.4, 0.5) is 0 Å². The van der Waals surface area contributed by atoms with Gasteiger partial charge in [0.1, 0.15) is 0 Å². The number of aromatic nitrogens is 2. The van der Waals surface area contributed by atoms with E-state index in [1.807, 2.05) is 36.4 Å². The van der Waals surface area contributed by atoms with Crippen LogP contribution in [0.15, 0.2) is 62.0 Å². The Morgan fingerprint density at radius 3 is 1.64 bits per heavy atom. The van der Waals surface area contributed by atoms with Gasteiger partial charge in [0.15, 0.2) is 0 Å². The Labute approximate surface area is 143 Å². The summed E-state index contributed by atoms with van der Waals surface area (Å²) in [5.41, 5.74) is 3.94. The lowest BCUT2D eigenvalue weighted by molar-refractivity contribution is 0.969. The minimum atomic E-state index is 0.126. The van der Waals surface area contributed by atoms with Crippen molar-refractivity contribution in [3.63, 3.8) is 0 Å². The summed E-state index contributed by atoms with van der Waals surface area (Å²) >= 11 is 9.19. The number of pyridine rings is 2. The Kier molecular flexibility index (Phi) is 6.28. The van der Waals surface area contributed by atoms with Crippen molar-refractivity contribution in [1.29, 1.82) is 0 Å². The number of allylic oxidation sites excluding steroid dienone is 2. The average Bonchev–Trinajstić information content (AvgIpc) is 2.55. The molecule has 2 atom stereocenters. The topological polar surface area (TPSA) is 25.8 Å². The van der Waals surface area contributed by atoms with E-state index in [2.05, 4.69) is 48.4 Å². The molecule has 4 heteroatoms. The molecule has 0 bridgehead atoms. The molecular weight excluding hydrogens is 308 g/mol. The second-order valence-corrected chi connectivity index (χ2v) is 6.28. The molecule has 0 aliphatic rings. The number of rotatable bonds is 7. The van der Waals surface area contributed by atoms with Crippen LogP contribution < -0.4 is 0 Å². The lowest BCUT2D eigenvalue weighted by Crippen LogP contribution is -1.95. The van der Waals surface area contributed by atoms with Crippen LogP contribution in [0.1, 0.15) is 34.5 Å². The Morgan fingerprint density at radius 1 is 0.864 bits per heavy atom. The summed E-state index contributed by atoms with van der Waals surface area (Å²) in [5.74, 6) is 0. The van der Waals surface area contributed by atoms with E-state index in [0.29, 0.717) is 0 Å². The third-order valence-electron chi connectivity index (χ3n) is 3.38. The van der Waals surface area contributed by atoms with E-state index in [4.69, 9.17) is 0 Å². The SMILES string of the molecule is C=CCC(S)c1ccnc(-c2cc(C(S)CC=C)ccn2)c1. The fourth-order valence-corrected chi connectivity index (χ4v) is 2.80. The highest BCUT2D eigenvalue weighted by Crippen LogP contribution is 2.29. The predicted octanol–water partition coefficient (Wildman–Crippen LogP) is 5.24. The van der Waals surface area contributed by atoms with Crippen LogP contribution in [0.3, 0.4) is 0 Å². The highest BCUT2D eigenvalue weighted by Gasteiger charge is 2.10. The van der Waals surface area contributed by atoms with Gasteiger partial charge in [0.2, 0.25) is 0 Å². The molecule has 0 radical (unpaired) electrons. The summed E-state index contributed by atoms with van der Waals surface area (Å²) in [6.07, 6.45) is 8.98. The van der Waals surface area contributed by atoms with Gasteiger partial charge in [0.05, 0.1) is 11.4 Å². The fourth-order valence-electron chi connectivity index (χ4n) is 2.18. The van der Waals surface area contributed by atoms with E-state index in [1.165, 1.54) is 0 Å². The van der Waals surface area contributed by atoms with Gasteiger partial charge in [-0.25, -0.2) is 0 Å². The molecule has 2 rings (SSSR count). The maximum Gasteiger partial charge on any atom is 0.0889 e. The lowest BCUT2D eigenvalue weighted by Gasteiger charge is -2.12. The van der Waals surface area contributed by atoms with Crippen LogP contribution in [-0.4, -0.2) is 9.97 Å². The van der Waals surface area contributed by atoms with Gasteiger partial charge >= 0.3 is 0 Å². The third-order valence-corrected chi connectivity index (χ3v) is 4.40. The van der Waals surface area contributed by atoms with E-state index >= 15 is 0 Å². The molecule has 2 nitrogen and oxygen atoms in total. The monoisotopic (exact) mass is 328 g/mol. The first kappa shape index (κ1) is 16.8. The van der Waals surface area contributed by atoms with Crippen LogP contribution in [0.2, 0.25) is 0 Å². The molecule has 2 aromatic heterocycles. The van der Waals surface area contributed by atoms with Crippen molar-refractivity contribution in [2.75, 3.05) is 0 Å². The Balaban J connectivity index is 2.31. The summed E-state index contributed by atoms with van der Waals surface area (Å²) in [6.45, 7) is 7.52. The van der Waals surface area contributed by atoms with Gasteiger partial charge in [-0.3, -0.25) is 9.97 Å². The molecule has 0 aliphatic carbocycles. The molecule has 2 aromatic rings. The standard InChI is InChI=1S/C18H20N2S2/c1-3-5-17(21)13-7-9-19-15(11-13)16-12-14(8-10-20-16)18(22)6-4-2/h3-4,7-12,17-18,21-22H,1-2,5-6H2. The van der Waals surface area contributed by atoms with Gasteiger partial charge in [-0.15, -0.1) is 13.2 Å². The molecule has 0 aliphatic heterocycles. The van der Waals surface area contributed by atoms with Crippen molar-refractivity contribution >= 4 is 25.3 Å². The quantitative estimate of drug-likeness (QED) is 0.537. The van der Waals surface area contributed by atoms with Crippen molar-refractivity contribution in [3.05, 3.63) is 73.1 Å². The Morgan fingerprint density at radius 2 is 1.27 bits per heavy atom. The summed E-state index contributed by atoms with van der Waals surface area (Å²) in [5, 5.41) is 0.252. The maximum atomic E-state index is 4.60. The first-order chi connectivity index (χ1) is 10.7. The second kappa shape index (κ2) is 8.20. The van der Waals surface area contributed by atoms with E-state index in [0.717, 1.165) is 35.4 Å². The fraction of sp³-hybridized carbons (Fsp3) is 0.222. The highest BCUT2D eigenvalue weighted by molar-refractivity contribution is 7.80. The van der Waals surface area contributed by atoms with Crippen LogP contribution >= 0.6 is 25.3 Å². The zero-order chi connectivity index (χ0) is 15.9. The van der Waals surface area contributed by atoms with Crippen LogP contribution in [0.5, 0.6) is 0 Å². The number of thiol groups is 2. The van der Waals surface area contributed by atoms with Gasteiger partial charge < -0.3 is 0 Å². The molecular formula is C18H20N2S2. The molecule has 0 saturated carbocycles. The predicted molar refractivity (Wildman–Crippen MR) is 101 cm³/mol. The maximum absolute atomic E-state index is 4.60. The lowest BCUT2D eigenvalue weighted by atomic mass is 10.1. The number of nitrogens with zero attached hydrogens (tertiary/aromatic N) is 2. The van der Waals surface area contributed by atoms with Crippen molar-refractivity contribution < 1.29 is 0 Å². The molecule has 0 spiro atoms. The van der Waals surface area contributed by atoms with Gasteiger partial charge in [0.25, 0.3) is 0 Å². The Bertz CT molecular complexity index is 598. The molecule has 22 heavy (non-hydrogen) atoms. The van der Waals surface area contributed by atoms with Crippen LogP contribution in [0, 0.1) is 0 Å². The summed E-state index contributed by atoms with van der Waals surface area (Å²) < 4.78 is 0. The molecule has 114 valence electrons. The first-order valence-corrected chi connectivity index (χ1v) is 8.19. The number of hydrogen-bond donors (Lipinski definition) is 2. The molecule has 0 amide bonds. The molecule has 0 saturated heterocycles. The van der Waals surface area contributed by atoms with Crippen molar-refractivity contribution in [1.82, 2.24) is 9.97 Å². The van der Waals surface area contributed by atoms with E-state index in [-0.39, 0.29) is 10.5 Å². The van der Waals surface area contributed by atoms with Gasteiger partial charge in [-0.2, -0.15) is 25.3 Å². The third kappa shape index (κ3) is 4.24. The van der Waals surface area contributed by atoms with E-state index in [9.17, 15) is 0 Å². The first-order valence-electron chi connectivity index (χ1n) is 7.16. The highest BCUT2D eigenvalue weighted by atomic mass is 32.1. The second-order valence-electron chi connectivity index (χ2n) is 5.03. The van der Waals surface area contributed by atoms with Gasteiger partial charge in [-0.1, -0.05) is 12.2 Å². The van der Waals surface area contributed by atoms with Crippen molar-refractivity contribution in [2.24, 2.45) is 0 Å². The largest absolute Gasteiger partial charge is 0.255 e. The van der Waals surface area contributed by atoms with Crippen LogP contribution in [-0.2, 0) is 0 Å². The zero-order valence-corrected chi connectivity index (χ0v) is 14.2. The molecule has 2 unspecified atom stereocenters. The molecule has 0 N–H and O–H groups in total. The van der Waals surface area contributed by atoms with Crippen molar-refractivity contribution in [3.8, 4) is 11.4 Å². The normalized spacial score (nSPS) is 13.4. The van der Waals surface area contributed by atoms with Gasteiger partial charge in [0, 0.05) is 22.9 Å². The minimum absolute atomic E-state index is 0.126. The Hall–Kier alpha value is -1.52. The summed E-state index contributed by atoms with van der Waals surface area (Å²) in [6, 6.07) is 8.03. The summed E-state index contributed by atoms with van der Waals surface area (Å²) in [4.78, 5) is 8.86. The average molecular weight is 329 g/mol. The minimum Gasteiger partial charge on any atom is -0.255 e. The van der Waals surface area contributed by atoms with Crippen molar-refractivity contribution in [2.45, 2.75) is 23.3 Å². The zero-order valence-electron chi connectivity index (χ0n) is 12.4. The van der Waals surface area contributed by atoms with E-state index < -0.39 is 0 Å². The number of hydrogen-bond acceptors (Lipinski definition) is 4. The smallest absolute Gasteiger partial charge is 0.0889 e. The molecule has 0 fully saturated rings. The summed E-state index contributed by atoms with van der Waals surface area (Å²) in [7, 11) is 0. The molecule has 2 heterocycles. The van der Waals surface area contributed by atoms with E-state index in [1.54, 1.807) is 12.4 Å².